The first-order chi connectivity index (χ1) is 6.72. The van der Waals surface area contributed by atoms with Crippen LogP contribution in [-0.2, 0) is 4.79 Å². The highest BCUT2D eigenvalue weighted by molar-refractivity contribution is 8.21. The quantitative estimate of drug-likeness (QED) is 0.588. The molecule has 0 unspecified atom stereocenters. The van der Waals surface area contributed by atoms with E-state index >= 15 is 0 Å². The van der Waals surface area contributed by atoms with Crippen LogP contribution in [0.15, 0.2) is 9.81 Å². The number of thioether (sulfide) groups is 2. The van der Waals surface area contributed by atoms with Gasteiger partial charge in [-0.2, -0.15) is 5.26 Å². The Balaban J connectivity index is 2.72. The lowest BCUT2D eigenvalue weighted by atomic mass is 10.3. The first-order valence-electron chi connectivity index (χ1n) is 4.26. The van der Waals surface area contributed by atoms with Crippen LogP contribution in [0.1, 0.15) is 12.8 Å². The fourth-order valence-electron chi connectivity index (χ4n) is 0.962. The fourth-order valence-corrected chi connectivity index (χ4v) is 2.31. The monoisotopic (exact) mass is 228 g/mol. The molecule has 0 aromatic heterocycles. The molecule has 76 valence electrons. The summed E-state index contributed by atoms with van der Waals surface area (Å²) in [6.45, 7) is 0. The zero-order valence-corrected chi connectivity index (χ0v) is 9.80. The molecule has 0 aromatic rings. The van der Waals surface area contributed by atoms with Crippen LogP contribution in [0.25, 0.3) is 0 Å². The van der Waals surface area contributed by atoms with Crippen molar-refractivity contribution in [1.82, 2.24) is 5.32 Å². The molecular formula is C9H12N2OS2. The van der Waals surface area contributed by atoms with Gasteiger partial charge in [0.25, 0.3) is 5.91 Å². The molecule has 1 amide bonds. The summed E-state index contributed by atoms with van der Waals surface area (Å²) in [7, 11) is 0. The van der Waals surface area contributed by atoms with Crippen molar-refractivity contribution in [2.75, 3.05) is 12.5 Å². The van der Waals surface area contributed by atoms with Crippen molar-refractivity contribution < 1.29 is 4.79 Å². The molecule has 1 aliphatic carbocycles. The zero-order chi connectivity index (χ0) is 10.6. The van der Waals surface area contributed by atoms with E-state index in [4.69, 9.17) is 5.26 Å². The van der Waals surface area contributed by atoms with Gasteiger partial charge in [-0.05, 0) is 25.4 Å². The van der Waals surface area contributed by atoms with Gasteiger partial charge in [-0.15, -0.1) is 23.5 Å². The molecule has 1 N–H and O–H groups in total. The van der Waals surface area contributed by atoms with Gasteiger partial charge in [0.1, 0.15) is 11.6 Å². The number of hydrogen-bond donors (Lipinski definition) is 1. The van der Waals surface area contributed by atoms with Gasteiger partial charge in [-0.3, -0.25) is 4.79 Å². The molecular weight excluding hydrogens is 216 g/mol. The highest BCUT2D eigenvalue weighted by atomic mass is 32.2. The zero-order valence-electron chi connectivity index (χ0n) is 8.16. The third kappa shape index (κ3) is 2.96. The number of carbonyl (C=O) groups excluding carboxylic acids is 1. The maximum atomic E-state index is 11.6. The van der Waals surface area contributed by atoms with Crippen LogP contribution in [-0.4, -0.2) is 24.5 Å². The fraction of sp³-hybridized carbons (Fsp3) is 0.556. The minimum absolute atomic E-state index is 0.228. The first-order valence-corrected chi connectivity index (χ1v) is 6.71. The normalized spacial score (nSPS) is 14.4. The van der Waals surface area contributed by atoms with Crippen LogP contribution < -0.4 is 5.32 Å². The van der Waals surface area contributed by atoms with E-state index in [-0.39, 0.29) is 11.5 Å². The Bertz CT molecular complexity index is 296. The number of nitriles is 1. The van der Waals surface area contributed by atoms with Gasteiger partial charge in [0.15, 0.2) is 0 Å². The molecule has 0 spiro atoms. The van der Waals surface area contributed by atoms with Crippen molar-refractivity contribution in [2.24, 2.45) is 0 Å². The molecule has 5 heteroatoms. The van der Waals surface area contributed by atoms with Crippen LogP contribution in [0, 0.1) is 11.3 Å². The van der Waals surface area contributed by atoms with Crippen molar-refractivity contribution in [3.63, 3.8) is 0 Å². The number of nitrogens with one attached hydrogen (secondary N) is 1. The lowest BCUT2D eigenvalue weighted by Gasteiger charge is -2.05. The Hall–Kier alpha value is -0.600. The van der Waals surface area contributed by atoms with Gasteiger partial charge in [0, 0.05) is 6.04 Å². The molecule has 1 rings (SSSR count). The van der Waals surface area contributed by atoms with Crippen LogP contribution in [0.5, 0.6) is 0 Å². The largest absolute Gasteiger partial charge is 0.349 e. The molecule has 3 nitrogen and oxygen atoms in total. The second-order valence-corrected chi connectivity index (χ2v) is 4.82. The standard InChI is InChI=1S/C9H12N2OS2/c1-13-9(14-2)7(5-10)8(12)11-6-3-4-6/h6H,3-4H2,1-2H3,(H,11,12). The summed E-state index contributed by atoms with van der Waals surface area (Å²) in [5, 5.41) is 11.7. The Morgan fingerprint density at radius 2 is 2.00 bits per heavy atom. The van der Waals surface area contributed by atoms with Gasteiger partial charge in [-0.25, -0.2) is 0 Å². The molecule has 0 radical (unpaired) electrons. The Labute approximate surface area is 92.3 Å². The number of carbonyl (C=O) groups is 1. The molecule has 0 aromatic carbocycles. The number of rotatable bonds is 4. The van der Waals surface area contributed by atoms with E-state index < -0.39 is 0 Å². The van der Waals surface area contributed by atoms with Gasteiger partial charge >= 0.3 is 0 Å². The number of hydrogen-bond acceptors (Lipinski definition) is 4. The van der Waals surface area contributed by atoms with Crippen molar-refractivity contribution in [3.05, 3.63) is 9.81 Å². The molecule has 0 saturated heterocycles. The van der Waals surface area contributed by atoms with E-state index in [2.05, 4.69) is 5.32 Å². The summed E-state index contributed by atoms with van der Waals surface area (Å²) < 4.78 is 0.783. The molecule has 1 aliphatic rings. The van der Waals surface area contributed by atoms with Gasteiger partial charge in [0.2, 0.25) is 0 Å². The van der Waals surface area contributed by atoms with Crippen molar-refractivity contribution in [3.8, 4) is 6.07 Å². The first kappa shape index (κ1) is 11.5. The van der Waals surface area contributed by atoms with Crippen molar-refractivity contribution >= 4 is 29.4 Å². The summed E-state index contributed by atoms with van der Waals surface area (Å²) >= 11 is 2.88. The summed E-state index contributed by atoms with van der Waals surface area (Å²) in [6.07, 6.45) is 5.82. The SMILES string of the molecule is CSC(SC)=C(C#N)C(=O)NC1CC1. The van der Waals surface area contributed by atoms with E-state index in [1.807, 2.05) is 18.6 Å². The molecule has 1 saturated carbocycles. The highest BCUT2D eigenvalue weighted by Gasteiger charge is 2.25. The van der Waals surface area contributed by atoms with Crippen LogP contribution >= 0.6 is 23.5 Å². The summed E-state index contributed by atoms with van der Waals surface area (Å²) in [5.41, 5.74) is 0.247. The van der Waals surface area contributed by atoms with E-state index in [9.17, 15) is 4.79 Å². The third-order valence-electron chi connectivity index (χ3n) is 1.83. The topological polar surface area (TPSA) is 52.9 Å². The molecule has 1 fully saturated rings. The molecule has 0 heterocycles. The minimum Gasteiger partial charge on any atom is -0.349 e. The second-order valence-electron chi connectivity index (χ2n) is 2.93. The molecule has 0 atom stereocenters. The van der Waals surface area contributed by atoms with E-state index in [0.29, 0.717) is 6.04 Å². The van der Waals surface area contributed by atoms with Crippen molar-refractivity contribution in [1.29, 1.82) is 5.26 Å². The highest BCUT2D eigenvalue weighted by Crippen LogP contribution is 2.28. The average molecular weight is 228 g/mol. The van der Waals surface area contributed by atoms with Gasteiger partial charge in [-0.1, -0.05) is 0 Å². The van der Waals surface area contributed by atoms with Crippen molar-refractivity contribution in [2.45, 2.75) is 18.9 Å². The van der Waals surface area contributed by atoms with Crippen LogP contribution in [0.3, 0.4) is 0 Å². The van der Waals surface area contributed by atoms with Gasteiger partial charge < -0.3 is 5.32 Å². The average Bonchev–Trinajstić information content (AvgIpc) is 2.97. The van der Waals surface area contributed by atoms with E-state index in [1.54, 1.807) is 0 Å². The second kappa shape index (κ2) is 5.32. The minimum atomic E-state index is -0.228. The summed E-state index contributed by atoms with van der Waals surface area (Å²) in [5.74, 6) is -0.228. The Kier molecular flexibility index (Phi) is 4.36. The smallest absolute Gasteiger partial charge is 0.263 e. The number of amides is 1. The van der Waals surface area contributed by atoms with Crippen LogP contribution in [0.4, 0.5) is 0 Å². The van der Waals surface area contributed by atoms with E-state index in [0.717, 1.165) is 17.1 Å². The maximum absolute atomic E-state index is 11.6. The predicted molar refractivity (Wildman–Crippen MR) is 60.8 cm³/mol. The Morgan fingerprint density at radius 3 is 2.36 bits per heavy atom. The van der Waals surface area contributed by atoms with Crippen LogP contribution in [0.2, 0.25) is 0 Å². The third-order valence-corrected chi connectivity index (χ3v) is 3.98. The molecule has 0 aliphatic heterocycles. The molecule has 14 heavy (non-hydrogen) atoms. The maximum Gasteiger partial charge on any atom is 0.263 e. The predicted octanol–water partition coefficient (Wildman–Crippen LogP) is 1.73. The van der Waals surface area contributed by atoms with Gasteiger partial charge in [0.05, 0.1) is 4.24 Å². The molecule has 0 bridgehead atoms. The summed E-state index contributed by atoms with van der Waals surface area (Å²) in [6, 6.07) is 2.26. The number of nitrogens with zero attached hydrogens (tertiary/aromatic N) is 1. The summed E-state index contributed by atoms with van der Waals surface area (Å²) in [4.78, 5) is 11.6. The lowest BCUT2D eigenvalue weighted by Crippen LogP contribution is -2.26. The van der Waals surface area contributed by atoms with E-state index in [1.165, 1.54) is 23.5 Å². The lowest BCUT2D eigenvalue weighted by molar-refractivity contribution is -0.117. The Morgan fingerprint density at radius 1 is 1.43 bits per heavy atom.